The topological polar surface area (TPSA) is 108 Å². The lowest BCUT2D eigenvalue weighted by molar-refractivity contribution is -0.116. The number of methoxy groups -OCH3 is 2. The van der Waals surface area contributed by atoms with Gasteiger partial charge in [0.2, 0.25) is 5.91 Å². The number of carbonyl (C=O) groups excluding carboxylic acids is 1. The molecule has 0 unspecified atom stereocenters. The van der Waals surface area contributed by atoms with E-state index in [-0.39, 0.29) is 18.2 Å². The van der Waals surface area contributed by atoms with Gasteiger partial charge >= 0.3 is 0 Å². The zero-order chi connectivity index (χ0) is 21.7. The number of rotatable bonds is 4. The van der Waals surface area contributed by atoms with E-state index in [1.54, 1.807) is 29.5 Å². The highest BCUT2D eigenvalue weighted by atomic mass is 16.5. The summed E-state index contributed by atoms with van der Waals surface area (Å²) in [6.45, 7) is 3.75. The van der Waals surface area contributed by atoms with Crippen molar-refractivity contribution in [1.82, 2.24) is 29.6 Å². The number of hydrogen-bond donors (Lipinski definition) is 1. The molecular formula is C21H21N7O3. The Hall–Kier alpha value is -3.95. The standard InChI is InChI=1S/C21H21N7O3/c1-11-20-15(14-9-13(30-3)5-6-16(14)31-4)10-19(29)22-21(20)28(25-11)18-8-7-17-24-23-12(2)27(17)26-18/h5-9,15H,10H2,1-4H3,(H,22,29)/t15-/m1/s1. The van der Waals surface area contributed by atoms with Crippen LogP contribution >= 0.6 is 0 Å². The average molecular weight is 419 g/mol. The lowest BCUT2D eigenvalue weighted by atomic mass is 9.85. The number of amides is 1. The van der Waals surface area contributed by atoms with Gasteiger partial charge in [0.15, 0.2) is 17.3 Å². The first-order valence-electron chi connectivity index (χ1n) is 9.81. The largest absolute Gasteiger partial charge is 0.497 e. The molecule has 1 amide bonds. The van der Waals surface area contributed by atoms with Gasteiger partial charge in [-0.15, -0.1) is 15.3 Å². The number of aromatic nitrogens is 6. The second-order valence-electron chi connectivity index (χ2n) is 7.38. The van der Waals surface area contributed by atoms with Crippen molar-refractivity contribution in [3.05, 3.63) is 53.0 Å². The monoisotopic (exact) mass is 419 g/mol. The molecule has 1 aromatic carbocycles. The lowest BCUT2D eigenvalue weighted by Crippen LogP contribution is -2.25. The van der Waals surface area contributed by atoms with E-state index in [9.17, 15) is 4.79 Å². The molecule has 5 rings (SSSR count). The SMILES string of the molecule is COc1ccc(OC)c([C@H]2CC(=O)Nc3c2c(C)nn3-c2ccc3nnc(C)n3n2)c1. The van der Waals surface area contributed by atoms with Crippen LogP contribution in [-0.2, 0) is 4.79 Å². The Kier molecular flexibility index (Phi) is 4.35. The molecule has 1 N–H and O–H groups in total. The lowest BCUT2D eigenvalue weighted by Gasteiger charge is -2.26. The molecule has 0 fully saturated rings. The molecule has 0 saturated heterocycles. The molecule has 1 atom stereocenters. The Morgan fingerprint density at radius 1 is 1.06 bits per heavy atom. The molecule has 0 spiro atoms. The molecule has 1 aliphatic rings. The number of ether oxygens (including phenoxy) is 2. The summed E-state index contributed by atoms with van der Waals surface area (Å²) in [6.07, 6.45) is 0.278. The Morgan fingerprint density at radius 2 is 1.90 bits per heavy atom. The van der Waals surface area contributed by atoms with E-state index in [0.717, 1.165) is 16.8 Å². The number of aryl methyl sites for hydroxylation is 2. The first kappa shape index (κ1) is 19.0. The second-order valence-corrected chi connectivity index (χ2v) is 7.38. The highest BCUT2D eigenvalue weighted by Crippen LogP contribution is 2.44. The van der Waals surface area contributed by atoms with E-state index in [0.29, 0.717) is 34.6 Å². The van der Waals surface area contributed by atoms with Crippen molar-refractivity contribution >= 4 is 17.4 Å². The van der Waals surface area contributed by atoms with Crippen LogP contribution in [0.2, 0.25) is 0 Å². The van der Waals surface area contributed by atoms with Crippen LogP contribution in [0.3, 0.4) is 0 Å². The molecule has 3 aromatic heterocycles. The fourth-order valence-corrected chi connectivity index (χ4v) is 4.09. The van der Waals surface area contributed by atoms with Crippen LogP contribution < -0.4 is 14.8 Å². The van der Waals surface area contributed by atoms with Gasteiger partial charge in [-0.25, -0.2) is 0 Å². The number of fused-ring (bicyclic) bond motifs is 2. The minimum atomic E-state index is -0.233. The summed E-state index contributed by atoms with van der Waals surface area (Å²) < 4.78 is 14.3. The molecule has 4 heterocycles. The van der Waals surface area contributed by atoms with Crippen LogP contribution in [0.25, 0.3) is 11.5 Å². The van der Waals surface area contributed by atoms with Crippen molar-refractivity contribution in [2.75, 3.05) is 19.5 Å². The molecule has 0 radical (unpaired) electrons. The minimum Gasteiger partial charge on any atom is -0.497 e. The zero-order valence-electron chi connectivity index (χ0n) is 17.6. The van der Waals surface area contributed by atoms with E-state index in [4.69, 9.17) is 14.6 Å². The molecule has 0 bridgehead atoms. The summed E-state index contributed by atoms with van der Waals surface area (Å²) in [5.74, 6) is 2.87. The maximum absolute atomic E-state index is 12.7. The van der Waals surface area contributed by atoms with Gasteiger partial charge in [0.25, 0.3) is 0 Å². The quantitative estimate of drug-likeness (QED) is 0.541. The Labute approximate surface area is 177 Å². The molecule has 1 aliphatic heterocycles. The fourth-order valence-electron chi connectivity index (χ4n) is 4.09. The first-order chi connectivity index (χ1) is 15.0. The van der Waals surface area contributed by atoms with Crippen LogP contribution in [-0.4, -0.2) is 49.7 Å². The number of nitrogens with zero attached hydrogens (tertiary/aromatic N) is 6. The summed E-state index contributed by atoms with van der Waals surface area (Å²) in [6, 6.07) is 9.22. The van der Waals surface area contributed by atoms with E-state index in [1.807, 2.05) is 38.1 Å². The second kappa shape index (κ2) is 7.08. The average Bonchev–Trinajstić information content (AvgIpc) is 3.32. The summed E-state index contributed by atoms with van der Waals surface area (Å²) in [7, 11) is 3.23. The van der Waals surface area contributed by atoms with Crippen LogP contribution in [0.15, 0.2) is 30.3 Å². The number of nitrogens with one attached hydrogen (secondary N) is 1. The van der Waals surface area contributed by atoms with Crippen LogP contribution in [0.4, 0.5) is 5.82 Å². The molecule has 10 nitrogen and oxygen atoms in total. The van der Waals surface area contributed by atoms with Crippen LogP contribution in [0, 0.1) is 13.8 Å². The third-order valence-corrected chi connectivity index (χ3v) is 5.54. The van der Waals surface area contributed by atoms with E-state index >= 15 is 0 Å². The molecular weight excluding hydrogens is 398 g/mol. The van der Waals surface area contributed by atoms with Gasteiger partial charge < -0.3 is 14.8 Å². The normalized spacial score (nSPS) is 15.6. The van der Waals surface area contributed by atoms with Crippen LogP contribution in [0.1, 0.15) is 35.0 Å². The number of carbonyl (C=O) groups is 1. The highest BCUT2D eigenvalue weighted by molar-refractivity contribution is 5.95. The van der Waals surface area contributed by atoms with Crippen molar-refractivity contribution in [3.63, 3.8) is 0 Å². The third kappa shape index (κ3) is 2.98. The number of benzene rings is 1. The fraction of sp³-hybridized carbons (Fsp3) is 0.286. The van der Waals surface area contributed by atoms with Gasteiger partial charge in [0.05, 0.1) is 19.9 Å². The van der Waals surface area contributed by atoms with E-state index in [1.165, 1.54) is 0 Å². The molecule has 4 aromatic rings. The zero-order valence-corrected chi connectivity index (χ0v) is 17.6. The van der Waals surface area contributed by atoms with E-state index in [2.05, 4.69) is 20.6 Å². The van der Waals surface area contributed by atoms with Crippen molar-refractivity contribution in [2.24, 2.45) is 0 Å². The van der Waals surface area contributed by atoms with Crippen molar-refractivity contribution in [3.8, 4) is 17.3 Å². The highest BCUT2D eigenvalue weighted by Gasteiger charge is 2.34. The Bertz CT molecular complexity index is 1320. The van der Waals surface area contributed by atoms with Crippen molar-refractivity contribution < 1.29 is 14.3 Å². The molecule has 0 aliphatic carbocycles. The summed E-state index contributed by atoms with van der Waals surface area (Å²) in [5.41, 5.74) is 3.24. The first-order valence-corrected chi connectivity index (χ1v) is 9.81. The van der Waals surface area contributed by atoms with Crippen molar-refractivity contribution in [1.29, 1.82) is 0 Å². The smallest absolute Gasteiger partial charge is 0.226 e. The number of anilines is 1. The maximum atomic E-state index is 12.7. The summed E-state index contributed by atoms with van der Waals surface area (Å²) in [5, 5.41) is 20.4. The summed E-state index contributed by atoms with van der Waals surface area (Å²) >= 11 is 0. The maximum Gasteiger partial charge on any atom is 0.226 e. The van der Waals surface area contributed by atoms with Gasteiger partial charge in [0.1, 0.15) is 17.3 Å². The third-order valence-electron chi connectivity index (χ3n) is 5.54. The van der Waals surface area contributed by atoms with Crippen LogP contribution in [0.5, 0.6) is 11.5 Å². The molecule has 31 heavy (non-hydrogen) atoms. The van der Waals surface area contributed by atoms with Gasteiger partial charge in [-0.3, -0.25) is 4.79 Å². The predicted molar refractivity (Wildman–Crippen MR) is 112 cm³/mol. The molecule has 10 heteroatoms. The van der Waals surface area contributed by atoms with E-state index < -0.39 is 0 Å². The summed E-state index contributed by atoms with van der Waals surface area (Å²) in [4.78, 5) is 12.7. The molecule has 0 saturated carbocycles. The predicted octanol–water partition coefficient (Wildman–Crippen LogP) is 2.42. The Morgan fingerprint density at radius 3 is 2.68 bits per heavy atom. The van der Waals surface area contributed by atoms with Crippen molar-refractivity contribution in [2.45, 2.75) is 26.2 Å². The minimum absolute atomic E-state index is 0.106. The van der Waals surface area contributed by atoms with Gasteiger partial charge in [-0.1, -0.05) is 0 Å². The van der Waals surface area contributed by atoms with Gasteiger partial charge in [-0.05, 0) is 44.2 Å². The number of hydrogen-bond acceptors (Lipinski definition) is 7. The van der Waals surface area contributed by atoms with Gasteiger partial charge in [0, 0.05) is 23.5 Å². The van der Waals surface area contributed by atoms with Gasteiger partial charge in [-0.2, -0.15) is 14.3 Å². The molecule has 158 valence electrons. The Balaban J connectivity index is 1.69.